The van der Waals surface area contributed by atoms with Gasteiger partial charge in [0.15, 0.2) is 6.61 Å². The molecule has 122 valence electrons. The second-order valence-corrected chi connectivity index (χ2v) is 6.46. The quantitative estimate of drug-likeness (QED) is 0.661. The van der Waals surface area contributed by atoms with E-state index in [0.29, 0.717) is 11.3 Å². The first kappa shape index (κ1) is 17.4. The summed E-state index contributed by atoms with van der Waals surface area (Å²) >= 11 is 7.54. The Hall–Kier alpha value is -1.92. The molecule has 23 heavy (non-hydrogen) atoms. The van der Waals surface area contributed by atoms with Crippen molar-refractivity contribution in [3.8, 4) is 0 Å². The first-order chi connectivity index (χ1) is 10.9. The van der Waals surface area contributed by atoms with Crippen molar-refractivity contribution in [3.63, 3.8) is 0 Å². The Morgan fingerprint density at radius 2 is 2.17 bits per heavy atom. The fourth-order valence-corrected chi connectivity index (χ4v) is 3.23. The largest absolute Gasteiger partial charge is 0.452 e. The number of pyridine rings is 1. The number of nitrogens with one attached hydrogen (secondary N) is 1. The zero-order valence-corrected chi connectivity index (χ0v) is 14.6. The van der Waals surface area contributed by atoms with Gasteiger partial charge in [-0.05, 0) is 43.8 Å². The minimum atomic E-state index is -0.654. The number of carbonyl (C=O) groups excluding carboxylic acids is 2. The topological polar surface area (TPSA) is 68.3 Å². The highest BCUT2D eigenvalue weighted by molar-refractivity contribution is 7.10. The average molecular weight is 353 g/mol. The highest BCUT2D eigenvalue weighted by Crippen LogP contribution is 2.20. The number of ether oxygens (including phenoxy) is 1. The van der Waals surface area contributed by atoms with Gasteiger partial charge in [0, 0.05) is 10.6 Å². The molecular weight excluding hydrogens is 336 g/mol. The van der Waals surface area contributed by atoms with Gasteiger partial charge in [-0.3, -0.25) is 4.79 Å². The number of thiophene rings is 1. The number of halogens is 1. The Kier molecular flexibility index (Phi) is 5.74. The van der Waals surface area contributed by atoms with Crippen molar-refractivity contribution in [1.82, 2.24) is 10.3 Å². The highest BCUT2D eigenvalue weighted by Gasteiger charge is 2.19. The van der Waals surface area contributed by atoms with Crippen LogP contribution in [0.4, 0.5) is 0 Å². The normalized spacial score (nSPS) is 11.8. The predicted molar refractivity (Wildman–Crippen MR) is 89.9 cm³/mol. The van der Waals surface area contributed by atoms with E-state index < -0.39 is 5.97 Å². The third-order valence-corrected chi connectivity index (χ3v) is 4.51. The fourth-order valence-electron chi connectivity index (χ4n) is 2.13. The van der Waals surface area contributed by atoms with Gasteiger partial charge in [0.25, 0.3) is 5.91 Å². The molecule has 0 aliphatic heterocycles. The first-order valence-electron chi connectivity index (χ1n) is 7.02. The number of aryl methyl sites for hydroxylation is 2. The Bertz CT molecular complexity index is 693. The number of aromatic nitrogens is 1. The van der Waals surface area contributed by atoms with E-state index in [0.717, 1.165) is 4.88 Å². The van der Waals surface area contributed by atoms with Crippen LogP contribution in [0.15, 0.2) is 23.6 Å². The van der Waals surface area contributed by atoms with Gasteiger partial charge in [-0.1, -0.05) is 17.7 Å². The molecule has 1 atom stereocenters. The second-order valence-electron chi connectivity index (χ2n) is 5.13. The van der Waals surface area contributed by atoms with Crippen molar-refractivity contribution in [3.05, 3.63) is 50.4 Å². The van der Waals surface area contributed by atoms with Crippen LogP contribution in [0.25, 0.3) is 0 Å². The van der Waals surface area contributed by atoms with Crippen LogP contribution in [-0.4, -0.2) is 23.5 Å². The van der Waals surface area contributed by atoms with Crippen LogP contribution in [-0.2, 0) is 9.53 Å². The molecular formula is C16H17ClN2O3S. The molecule has 0 spiro atoms. The van der Waals surface area contributed by atoms with Gasteiger partial charge < -0.3 is 10.1 Å². The van der Waals surface area contributed by atoms with Crippen LogP contribution in [0.5, 0.6) is 0 Å². The van der Waals surface area contributed by atoms with Crippen LogP contribution >= 0.6 is 22.9 Å². The standard InChI is InChI=1S/C16H17ClN2O3S/c1-9-7-10(2)18-15(17)14(9)16(21)22-8-13(20)19-11(3)12-5-4-6-23-12/h4-7,11H,8H2,1-3H3,(H,19,20)/t11-/m0/s1. The Morgan fingerprint density at radius 1 is 1.43 bits per heavy atom. The second kappa shape index (κ2) is 7.57. The van der Waals surface area contributed by atoms with E-state index in [-0.39, 0.29) is 29.3 Å². The van der Waals surface area contributed by atoms with Crippen LogP contribution in [0, 0.1) is 13.8 Å². The maximum Gasteiger partial charge on any atom is 0.342 e. The molecule has 2 rings (SSSR count). The lowest BCUT2D eigenvalue weighted by molar-refractivity contribution is -0.124. The van der Waals surface area contributed by atoms with Crippen molar-refractivity contribution in [2.45, 2.75) is 26.8 Å². The van der Waals surface area contributed by atoms with Crippen LogP contribution in [0.3, 0.4) is 0 Å². The summed E-state index contributed by atoms with van der Waals surface area (Å²) in [5.74, 6) is -1.02. The number of rotatable bonds is 5. The average Bonchev–Trinajstić information content (AvgIpc) is 2.98. The third kappa shape index (κ3) is 4.53. The van der Waals surface area contributed by atoms with Gasteiger partial charge in [0.05, 0.1) is 11.6 Å². The van der Waals surface area contributed by atoms with Crippen LogP contribution in [0.1, 0.15) is 39.5 Å². The molecule has 0 aromatic carbocycles. The maximum absolute atomic E-state index is 12.1. The number of nitrogens with zero attached hydrogens (tertiary/aromatic N) is 1. The van der Waals surface area contributed by atoms with Gasteiger partial charge in [-0.25, -0.2) is 9.78 Å². The minimum absolute atomic E-state index is 0.0832. The molecule has 0 saturated carbocycles. The molecule has 1 N–H and O–H groups in total. The fraction of sp³-hybridized carbons (Fsp3) is 0.312. The highest BCUT2D eigenvalue weighted by atomic mass is 35.5. The molecule has 5 nitrogen and oxygen atoms in total. The molecule has 2 aromatic heterocycles. The zero-order chi connectivity index (χ0) is 17.0. The van der Waals surface area contributed by atoms with Crippen molar-refractivity contribution in [2.75, 3.05) is 6.61 Å². The summed E-state index contributed by atoms with van der Waals surface area (Å²) in [5.41, 5.74) is 1.57. The number of amides is 1. The number of carbonyl (C=O) groups is 2. The summed E-state index contributed by atoms with van der Waals surface area (Å²) in [4.78, 5) is 29.0. The summed E-state index contributed by atoms with van der Waals surface area (Å²) in [6.07, 6.45) is 0. The Morgan fingerprint density at radius 3 is 2.78 bits per heavy atom. The zero-order valence-electron chi connectivity index (χ0n) is 13.1. The summed E-state index contributed by atoms with van der Waals surface area (Å²) in [7, 11) is 0. The number of hydrogen-bond donors (Lipinski definition) is 1. The van der Waals surface area contributed by atoms with E-state index in [1.54, 1.807) is 31.3 Å². The lowest BCUT2D eigenvalue weighted by atomic mass is 10.1. The Labute approximate surface area is 143 Å². The molecule has 0 radical (unpaired) electrons. The number of hydrogen-bond acceptors (Lipinski definition) is 5. The molecule has 0 unspecified atom stereocenters. The van der Waals surface area contributed by atoms with Gasteiger partial charge in [-0.2, -0.15) is 0 Å². The van der Waals surface area contributed by atoms with Gasteiger partial charge >= 0.3 is 5.97 Å². The van der Waals surface area contributed by atoms with E-state index in [1.165, 1.54) is 0 Å². The van der Waals surface area contributed by atoms with Gasteiger partial charge in [0.1, 0.15) is 5.15 Å². The van der Waals surface area contributed by atoms with E-state index in [2.05, 4.69) is 10.3 Å². The molecule has 0 fully saturated rings. The van der Waals surface area contributed by atoms with Crippen molar-refractivity contribution in [1.29, 1.82) is 0 Å². The van der Waals surface area contributed by atoms with Crippen LogP contribution < -0.4 is 5.32 Å². The molecule has 7 heteroatoms. The molecule has 0 bridgehead atoms. The number of esters is 1. The molecule has 0 aliphatic rings. The Balaban J connectivity index is 1.93. The minimum Gasteiger partial charge on any atom is -0.452 e. The summed E-state index contributed by atoms with van der Waals surface area (Å²) in [5, 5.41) is 4.79. The van der Waals surface area contributed by atoms with Crippen molar-refractivity contribution < 1.29 is 14.3 Å². The lowest BCUT2D eigenvalue weighted by Gasteiger charge is -2.13. The van der Waals surface area contributed by atoms with Gasteiger partial charge in [0.2, 0.25) is 0 Å². The van der Waals surface area contributed by atoms with Crippen molar-refractivity contribution >= 4 is 34.8 Å². The lowest BCUT2D eigenvalue weighted by Crippen LogP contribution is -2.31. The smallest absolute Gasteiger partial charge is 0.342 e. The SMILES string of the molecule is Cc1cc(C)c(C(=O)OCC(=O)N[C@@H](C)c2cccs2)c(Cl)n1. The molecule has 2 aromatic rings. The van der Waals surface area contributed by atoms with E-state index in [1.807, 2.05) is 24.4 Å². The molecule has 1 amide bonds. The van der Waals surface area contributed by atoms with Crippen LogP contribution in [0.2, 0.25) is 5.15 Å². The predicted octanol–water partition coefficient (Wildman–Crippen LogP) is 3.45. The first-order valence-corrected chi connectivity index (χ1v) is 8.28. The summed E-state index contributed by atoms with van der Waals surface area (Å²) < 4.78 is 5.04. The van der Waals surface area contributed by atoms with Crippen molar-refractivity contribution in [2.24, 2.45) is 0 Å². The summed E-state index contributed by atoms with van der Waals surface area (Å²) in [6, 6.07) is 5.45. The maximum atomic E-state index is 12.1. The monoisotopic (exact) mass is 352 g/mol. The molecule has 0 aliphatic carbocycles. The van der Waals surface area contributed by atoms with E-state index in [4.69, 9.17) is 16.3 Å². The van der Waals surface area contributed by atoms with Gasteiger partial charge in [-0.15, -0.1) is 11.3 Å². The summed E-state index contributed by atoms with van der Waals surface area (Å²) in [6.45, 7) is 5.04. The molecule has 2 heterocycles. The molecule has 0 saturated heterocycles. The van der Waals surface area contributed by atoms with E-state index in [9.17, 15) is 9.59 Å². The van der Waals surface area contributed by atoms with E-state index >= 15 is 0 Å². The third-order valence-electron chi connectivity index (χ3n) is 3.19.